The van der Waals surface area contributed by atoms with Crippen LogP contribution in [0.4, 0.5) is 5.69 Å². The minimum atomic E-state index is -0.564. The molecule has 1 fully saturated rings. The Hall–Kier alpha value is -2.67. The van der Waals surface area contributed by atoms with Gasteiger partial charge in [-0.3, -0.25) is 19.7 Å². The van der Waals surface area contributed by atoms with Crippen molar-refractivity contribution in [2.45, 2.75) is 52.7 Å². The number of amides is 3. The number of rotatable bonds is 4. The number of nitrogens with zero attached hydrogens (tertiary/aromatic N) is 1. The molecule has 2 aliphatic rings. The van der Waals surface area contributed by atoms with Crippen LogP contribution in [0.3, 0.4) is 0 Å². The zero-order valence-electron chi connectivity index (χ0n) is 16.2. The number of carbonyl (C=O) groups excluding carboxylic acids is 3. The van der Waals surface area contributed by atoms with Gasteiger partial charge in [-0.15, -0.1) is 11.3 Å². The van der Waals surface area contributed by atoms with E-state index in [1.165, 1.54) is 16.7 Å². The van der Waals surface area contributed by atoms with E-state index in [1.54, 1.807) is 16.2 Å². The van der Waals surface area contributed by atoms with E-state index in [2.05, 4.69) is 43.5 Å². The largest absolute Gasteiger partial charge is 0.380 e. The van der Waals surface area contributed by atoms with E-state index in [-0.39, 0.29) is 24.1 Å². The van der Waals surface area contributed by atoms with Crippen LogP contribution in [0.5, 0.6) is 0 Å². The molecule has 0 saturated carbocycles. The van der Waals surface area contributed by atoms with Gasteiger partial charge in [0, 0.05) is 35.5 Å². The second kappa shape index (κ2) is 7.05. The molecular formula is C21H23N3O3S. The molecule has 0 spiro atoms. The third kappa shape index (κ3) is 3.20. The molecule has 2 aromatic rings. The molecule has 7 heteroatoms. The summed E-state index contributed by atoms with van der Waals surface area (Å²) in [5.41, 5.74) is 6.47. The molecule has 4 rings (SSSR count). The van der Waals surface area contributed by atoms with Crippen LogP contribution in [0.1, 0.15) is 50.3 Å². The summed E-state index contributed by atoms with van der Waals surface area (Å²) in [5, 5.41) is 7.72. The zero-order valence-corrected chi connectivity index (χ0v) is 17.0. The highest BCUT2D eigenvalue weighted by molar-refractivity contribution is 7.10. The summed E-state index contributed by atoms with van der Waals surface area (Å²) in [7, 11) is 0. The van der Waals surface area contributed by atoms with Crippen molar-refractivity contribution in [3.05, 3.63) is 50.2 Å². The Balaban J connectivity index is 1.50. The number of anilines is 1. The molecule has 1 aromatic heterocycles. The van der Waals surface area contributed by atoms with Gasteiger partial charge >= 0.3 is 0 Å². The molecule has 0 bridgehead atoms. The molecule has 0 radical (unpaired) electrons. The number of imide groups is 1. The fourth-order valence-electron chi connectivity index (χ4n) is 3.88. The molecular weight excluding hydrogens is 374 g/mol. The highest BCUT2D eigenvalue weighted by Gasteiger charge is 2.40. The number of benzene rings is 1. The van der Waals surface area contributed by atoms with Gasteiger partial charge in [-0.25, -0.2) is 0 Å². The van der Waals surface area contributed by atoms with Gasteiger partial charge in [-0.05, 0) is 55.5 Å². The van der Waals surface area contributed by atoms with E-state index in [9.17, 15) is 14.4 Å². The van der Waals surface area contributed by atoms with Crippen LogP contribution < -0.4 is 10.6 Å². The first-order valence-corrected chi connectivity index (χ1v) is 10.3. The number of piperidine rings is 1. The van der Waals surface area contributed by atoms with Crippen molar-refractivity contribution in [3.8, 4) is 0 Å². The van der Waals surface area contributed by atoms with Crippen molar-refractivity contribution >= 4 is 34.7 Å². The zero-order chi connectivity index (χ0) is 20.0. The maximum absolute atomic E-state index is 12.8. The number of hydrogen-bond acceptors (Lipinski definition) is 5. The number of fused-ring (bicyclic) bond motifs is 1. The van der Waals surface area contributed by atoms with Crippen molar-refractivity contribution in [2.75, 3.05) is 5.32 Å². The second-order valence-corrected chi connectivity index (χ2v) is 8.52. The molecule has 1 atom stereocenters. The summed E-state index contributed by atoms with van der Waals surface area (Å²) < 4.78 is 0. The lowest BCUT2D eigenvalue weighted by molar-refractivity contribution is -0.136. The van der Waals surface area contributed by atoms with Crippen molar-refractivity contribution in [1.82, 2.24) is 10.2 Å². The molecule has 6 nitrogen and oxygen atoms in total. The maximum atomic E-state index is 12.8. The lowest BCUT2D eigenvalue weighted by Crippen LogP contribution is -2.52. The number of nitrogens with one attached hydrogen (secondary N) is 2. The minimum Gasteiger partial charge on any atom is -0.380 e. The van der Waals surface area contributed by atoms with Crippen molar-refractivity contribution in [1.29, 1.82) is 0 Å². The average molecular weight is 398 g/mol. The fourth-order valence-corrected chi connectivity index (χ4v) is 4.85. The topological polar surface area (TPSA) is 78.5 Å². The summed E-state index contributed by atoms with van der Waals surface area (Å²) in [6, 6.07) is 3.76. The van der Waals surface area contributed by atoms with Crippen LogP contribution in [-0.2, 0) is 22.7 Å². The van der Waals surface area contributed by atoms with E-state index in [0.717, 1.165) is 16.1 Å². The van der Waals surface area contributed by atoms with Gasteiger partial charge < -0.3 is 10.2 Å². The van der Waals surface area contributed by atoms with E-state index >= 15 is 0 Å². The van der Waals surface area contributed by atoms with Crippen LogP contribution in [0.15, 0.2) is 17.5 Å². The van der Waals surface area contributed by atoms with Gasteiger partial charge in [0.2, 0.25) is 11.8 Å². The van der Waals surface area contributed by atoms with Crippen LogP contribution in [0.25, 0.3) is 0 Å². The number of thiophene rings is 1. The highest BCUT2D eigenvalue weighted by Crippen LogP contribution is 2.34. The van der Waals surface area contributed by atoms with E-state index in [4.69, 9.17) is 0 Å². The standard InChI is InChI=1S/C21H23N3O3S/c1-11-6-13(3)16(7-12(11)2)22-8-18-14-9-24(21(27)15(14)10-28-18)17-4-5-19(25)23-20(17)26/h6-7,10,17,22H,4-5,8-9H2,1-3H3,(H,23,25,26). The molecule has 1 unspecified atom stereocenters. The first-order chi connectivity index (χ1) is 13.3. The van der Waals surface area contributed by atoms with Gasteiger partial charge in [0.05, 0.1) is 5.56 Å². The number of aryl methyl sites for hydroxylation is 3. The summed E-state index contributed by atoms with van der Waals surface area (Å²) in [4.78, 5) is 39.1. The fraction of sp³-hybridized carbons (Fsp3) is 0.381. The molecule has 1 saturated heterocycles. The van der Waals surface area contributed by atoms with E-state index in [0.29, 0.717) is 25.1 Å². The quantitative estimate of drug-likeness (QED) is 0.778. The van der Waals surface area contributed by atoms with Gasteiger partial charge in [0.15, 0.2) is 0 Å². The smallest absolute Gasteiger partial charge is 0.256 e. The Morgan fingerprint density at radius 2 is 1.89 bits per heavy atom. The predicted octanol–water partition coefficient (Wildman–Crippen LogP) is 3.05. The summed E-state index contributed by atoms with van der Waals surface area (Å²) >= 11 is 1.57. The maximum Gasteiger partial charge on any atom is 0.256 e. The highest BCUT2D eigenvalue weighted by atomic mass is 32.1. The molecule has 2 N–H and O–H groups in total. The normalized spacial score (nSPS) is 19.0. The van der Waals surface area contributed by atoms with Gasteiger partial charge in [-0.2, -0.15) is 0 Å². The molecule has 146 valence electrons. The Labute approximate surface area is 167 Å². The first-order valence-electron chi connectivity index (χ1n) is 9.40. The summed E-state index contributed by atoms with van der Waals surface area (Å²) in [6.45, 7) is 7.35. The molecule has 28 heavy (non-hydrogen) atoms. The lowest BCUT2D eigenvalue weighted by atomic mass is 10.0. The second-order valence-electron chi connectivity index (χ2n) is 7.56. The molecule has 1 aromatic carbocycles. The molecule has 3 heterocycles. The van der Waals surface area contributed by atoms with Crippen molar-refractivity contribution in [2.24, 2.45) is 0 Å². The van der Waals surface area contributed by atoms with E-state index < -0.39 is 6.04 Å². The van der Waals surface area contributed by atoms with E-state index in [1.807, 2.05) is 5.38 Å². The number of carbonyl (C=O) groups is 3. The van der Waals surface area contributed by atoms with Crippen LogP contribution in [-0.4, -0.2) is 28.7 Å². The minimum absolute atomic E-state index is 0.116. The Kier molecular flexibility index (Phi) is 4.71. The SMILES string of the molecule is Cc1cc(C)c(NCc2scc3c2CN(C2CCC(=O)NC2=O)C3=O)cc1C. The van der Waals surface area contributed by atoms with Crippen LogP contribution >= 0.6 is 11.3 Å². The molecule has 0 aliphatic carbocycles. The van der Waals surface area contributed by atoms with Gasteiger partial charge in [0.25, 0.3) is 5.91 Å². The lowest BCUT2D eigenvalue weighted by Gasteiger charge is -2.29. The van der Waals surface area contributed by atoms with Crippen molar-refractivity contribution in [3.63, 3.8) is 0 Å². The third-order valence-corrected chi connectivity index (χ3v) is 6.70. The Morgan fingerprint density at radius 1 is 1.14 bits per heavy atom. The van der Waals surface area contributed by atoms with Crippen LogP contribution in [0.2, 0.25) is 0 Å². The monoisotopic (exact) mass is 397 g/mol. The number of hydrogen-bond donors (Lipinski definition) is 2. The Bertz CT molecular complexity index is 995. The summed E-state index contributed by atoms with van der Waals surface area (Å²) in [5.74, 6) is -0.756. The first kappa shape index (κ1) is 18.7. The molecule has 3 amide bonds. The molecule has 2 aliphatic heterocycles. The average Bonchev–Trinajstić information content (AvgIpc) is 3.18. The van der Waals surface area contributed by atoms with Gasteiger partial charge in [-0.1, -0.05) is 6.07 Å². The Morgan fingerprint density at radius 3 is 2.64 bits per heavy atom. The third-order valence-electron chi connectivity index (χ3n) is 5.67. The van der Waals surface area contributed by atoms with Crippen LogP contribution in [0, 0.1) is 20.8 Å². The van der Waals surface area contributed by atoms with Crippen molar-refractivity contribution < 1.29 is 14.4 Å². The predicted molar refractivity (Wildman–Crippen MR) is 108 cm³/mol. The summed E-state index contributed by atoms with van der Waals surface area (Å²) in [6.07, 6.45) is 0.660. The van der Waals surface area contributed by atoms with Gasteiger partial charge in [0.1, 0.15) is 6.04 Å².